The second-order valence-electron chi connectivity index (χ2n) is 12.6. The number of anilines is 3. The van der Waals surface area contributed by atoms with Crippen LogP contribution in [0.15, 0.2) is 152 Å². The van der Waals surface area contributed by atoms with Crippen LogP contribution in [0.4, 0.5) is 17.1 Å². The lowest BCUT2D eigenvalue weighted by Crippen LogP contribution is -2.15. The van der Waals surface area contributed by atoms with Gasteiger partial charge in [-0.15, -0.1) is 0 Å². The maximum Gasteiger partial charge on any atom is 0.135 e. The summed E-state index contributed by atoms with van der Waals surface area (Å²) in [6, 6.07) is 54.6. The molecule has 7 aromatic rings. The first-order valence-electron chi connectivity index (χ1n) is 15.6. The largest absolute Gasteiger partial charge is 0.456 e. The van der Waals surface area contributed by atoms with Crippen LogP contribution < -0.4 is 9.64 Å². The van der Waals surface area contributed by atoms with Crippen molar-refractivity contribution < 1.29 is 4.74 Å². The minimum Gasteiger partial charge on any atom is -0.456 e. The highest BCUT2D eigenvalue weighted by Gasteiger charge is 2.35. The van der Waals surface area contributed by atoms with Crippen molar-refractivity contribution in [1.82, 2.24) is 0 Å². The molecule has 0 spiro atoms. The average Bonchev–Trinajstić information content (AvgIpc) is 3.31. The molecule has 1 aliphatic carbocycles. The first-order valence-corrected chi connectivity index (χ1v) is 15.6. The second kappa shape index (κ2) is 9.70. The fraction of sp³-hybridized carbons (Fsp3) is 0.0698. The van der Waals surface area contributed by atoms with E-state index in [0.29, 0.717) is 0 Å². The molecule has 0 aromatic heterocycles. The molecular formula is C43H31NO. The molecule has 0 unspecified atom stereocenters. The maximum atomic E-state index is 6.46. The molecule has 7 aromatic carbocycles. The minimum atomic E-state index is -0.0170. The number of para-hydroxylation sites is 1. The number of hydrogen-bond acceptors (Lipinski definition) is 2. The van der Waals surface area contributed by atoms with Crippen LogP contribution in [0.2, 0.25) is 0 Å². The molecule has 2 heteroatoms. The van der Waals surface area contributed by atoms with Gasteiger partial charge in [-0.2, -0.15) is 0 Å². The van der Waals surface area contributed by atoms with Crippen LogP contribution in [0.1, 0.15) is 25.0 Å². The van der Waals surface area contributed by atoms with Crippen LogP contribution in [0.25, 0.3) is 44.2 Å². The predicted octanol–water partition coefficient (Wildman–Crippen LogP) is 12.1. The van der Waals surface area contributed by atoms with Crippen LogP contribution in [0.3, 0.4) is 0 Å². The lowest BCUT2D eigenvalue weighted by Gasteiger charge is -2.27. The van der Waals surface area contributed by atoms with Crippen molar-refractivity contribution in [1.29, 1.82) is 0 Å². The monoisotopic (exact) mass is 577 g/mol. The summed E-state index contributed by atoms with van der Waals surface area (Å²) in [5, 5.41) is 2.39. The summed E-state index contributed by atoms with van der Waals surface area (Å²) in [5.41, 5.74) is 13.4. The standard InChI is InChI=1S/C43H31NO/c1-43(2)38-16-7-6-14-34(38)37-27-33(23-25-39(37)43)44(31-12-4-3-5-13-31)32-21-18-28(19-22-32)30-20-24-35-36-15-8-10-29-11-9-17-40(42(29)36)45-41(35)26-30/h3-27H,1-2H3. The summed E-state index contributed by atoms with van der Waals surface area (Å²) in [5.74, 6) is 1.82. The molecule has 0 saturated carbocycles. The summed E-state index contributed by atoms with van der Waals surface area (Å²) in [6.45, 7) is 4.66. The third kappa shape index (κ3) is 3.96. The molecule has 1 heterocycles. The third-order valence-corrected chi connectivity index (χ3v) is 9.66. The van der Waals surface area contributed by atoms with E-state index in [1.54, 1.807) is 0 Å². The molecule has 0 saturated heterocycles. The van der Waals surface area contributed by atoms with Crippen molar-refractivity contribution in [2.45, 2.75) is 19.3 Å². The number of ether oxygens (including phenoxy) is 1. The number of rotatable bonds is 4. The molecular weight excluding hydrogens is 546 g/mol. The van der Waals surface area contributed by atoms with Crippen molar-refractivity contribution in [2.75, 3.05) is 4.90 Å². The zero-order valence-electron chi connectivity index (χ0n) is 25.3. The van der Waals surface area contributed by atoms with Crippen molar-refractivity contribution in [3.8, 4) is 44.9 Å². The van der Waals surface area contributed by atoms with E-state index in [1.165, 1.54) is 38.6 Å². The van der Waals surface area contributed by atoms with Crippen LogP contribution in [0.5, 0.6) is 11.5 Å². The van der Waals surface area contributed by atoms with E-state index in [1.807, 2.05) is 0 Å². The zero-order chi connectivity index (χ0) is 30.1. The normalized spacial score (nSPS) is 13.5. The van der Waals surface area contributed by atoms with Gasteiger partial charge in [-0.05, 0) is 98.9 Å². The Kier molecular flexibility index (Phi) is 5.58. The van der Waals surface area contributed by atoms with E-state index in [2.05, 4.69) is 170 Å². The fourth-order valence-corrected chi connectivity index (χ4v) is 7.42. The third-order valence-electron chi connectivity index (χ3n) is 9.66. The fourth-order valence-electron chi connectivity index (χ4n) is 7.42. The van der Waals surface area contributed by atoms with Crippen LogP contribution >= 0.6 is 0 Å². The van der Waals surface area contributed by atoms with Gasteiger partial charge in [0.25, 0.3) is 0 Å². The van der Waals surface area contributed by atoms with E-state index in [0.717, 1.165) is 45.3 Å². The second-order valence-corrected chi connectivity index (χ2v) is 12.6. The van der Waals surface area contributed by atoms with Gasteiger partial charge >= 0.3 is 0 Å². The summed E-state index contributed by atoms with van der Waals surface area (Å²) >= 11 is 0. The maximum absolute atomic E-state index is 6.46. The minimum absolute atomic E-state index is 0.0170. The molecule has 0 radical (unpaired) electrons. The van der Waals surface area contributed by atoms with Crippen molar-refractivity contribution >= 4 is 27.8 Å². The average molecular weight is 578 g/mol. The summed E-state index contributed by atoms with van der Waals surface area (Å²) in [7, 11) is 0. The molecule has 9 rings (SSSR count). The Morgan fingerprint density at radius 1 is 0.444 bits per heavy atom. The molecule has 0 atom stereocenters. The summed E-state index contributed by atoms with van der Waals surface area (Å²) < 4.78 is 6.46. The van der Waals surface area contributed by atoms with Gasteiger partial charge < -0.3 is 9.64 Å². The molecule has 2 nitrogen and oxygen atoms in total. The highest BCUT2D eigenvalue weighted by atomic mass is 16.5. The van der Waals surface area contributed by atoms with Gasteiger partial charge in [0.2, 0.25) is 0 Å². The SMILES string of the molecule is CC1(C)c2ccccc2-c2cc(N(c3ccccc3)c3ccc(-c4ccc5c(c4)Oc4cccc6cccc-5c46)cc3)ccc21. The molecule has 0 N–H and O–H groups in total. The quantitative estimate of drug-likeness (QED) is 0.206. The van der Waals surface area contributed by atoms with Crippen LogP contribution in [-0.4, -0.2) is 0 Å². The Balaban J connectivity index is 1.11. The predicted molar refractivity (Wildman–Crippen MR) is 187 cm³/mol. The first-order chi connectivity index (χ1) is 22.1. The smallest absolute Gasteiger partial charge is 0.135 e. The molecule has 0 fully saturated rings. The van der Waals surface area contributed by atoms with Crippen LogP contribution in [-0.2, 0) is 5.41 Å². The van der Waals surface area contributed by atoms with Crippen molar-refractivity contribution in [3.05, 3.63) is 163 Å². The topological polar surface area (TPSA) is 12.5 Å². The van der Waals surface area contributed by atoms with E-state index in [-0.39, 0.29) is 5.41 Å². The molecule has 1 aliphatic heterocycles. The lowest BCUT2D eigenvalue weighted by atomic mass is 9.82. The molecule has 0 bridgehead atoms. The van der Waals surface area contributed by atoms with E-state index in [9.17, 15) is 0 Å². The van der Waals surface area contributed by atoms with Crippen molar-refractivity contribution in [2.24, 2.45) is 0 Å². The van der Waals surface area contributed by atoms with E-state index >= 15 is 0 Å². The van der Waals surface area contributed by atoms with Gasteiger partial charge in [-0.1, -0.05) is 111 Å². The van der Waals surface area contributed by atoms with Crippen molar-refractivity contribution in [3.63, 3.8) is 0 Å². The highest BCUT2D eigenvalue weighted by molar-refractivity contribution is 6.04. The summed E-state index contributed by atoms with van der Waals surface area (Å²) in [6.07, 6.45) is 0. The van der Waals surface area contributed by atoms with E-state index in [4.69, 9.17) is 4.74 Å². The van der Waals surface area contributed by atoms with Gasteiger partial charge in [-0.25, -0.2) is 0 Å². The molecule has 45 heavy (non-hydrogen) atoms. The van der Waals surface area contributed by atoms with Gasteiger partial charge in [-0.3, -0.25) is 0 Å². The molecule has 2 aliphatic rings. The Labute approximate surface area is 263 Å². The molecule has 214 valence electrons. The first kappa shape index (κ1) is 25.9. The van der Waals surface area contributed by atoms with Gasteiger partial charge in [0.05, 0.1) is 0 Å². The number of hydrogen-bond donors (Lipinski definition) is 0. The Bertz CT molecular complexity index is 2260. The number of benzene rings is 7. The van der Waals surface area contributed by atoms with Crippen LogP contribution in [0, 0.1) is 0 Å². The highest BCUT2D eigenvalue weighted by Crippen LogP contribution is 2.51. The number of fused-ring (bicyclic) bond motifs is 5. The summed E-state index contributed by atoms with van der Waals surface area (Å²) in [4.78, 5) is 2.35. The number of nitrogens with zero attached hydrogens (tertiary/aromatic N) is 1. The van der Waals surface area contributed by atoms with Gasteiger partial charge in [0.15, 0.2) is 0 Å². The Hall–Kier alpha value is -5.60. The van der Waals surface area contributed by atoms with Gasteiger partial charge in [0.1, 0.15) is 11.5 Å². The zero-order valence-corrected chi connectivity index (χ0v) is 25.3. The lowest BCUT2D eigenvalue weighted by molar-refractivity contribution is 0.487. The Morgan fingerprint density at radius 2 is 1.11 bits per heavy atom. The molecule has 0 amide bonds. The van der Waals surface area contributed by atoms with E-state index < -0.39 is 0 Å². The van der Waals surface area contributed by atoms with Gasteiger partial charge in [0, 0.05) is 33.4 Å². The Morgan fingerprint density at radius 3 is 1.96 bits per heavy atom.